The number of carbonyl (C=O) groups excluding carboxylic acids is 1. The van der Waals surface area contributed by atoms with Gasteiger partial charge in [-0.05, 0) is 31.4 Å². The van der Waals surface area contributed by atoms with Gasteiger partial charge in [0.05, 0.1) is 25.4 Å². The highest BCUT2D eigenvalue weighted by Gasteiger charge is 2.42. The van der Waals surface area contributed by atoms with Crippen LogP contribution in [0.5, 0.6) is 0 Å². The van der Waals surface area contributed by atoms with Crippen LogP contribution in [0.4, 0.5) is 9.18 Å². The largest absolute Gasteiger partial charge is 0.393 e. The molecule has 4 unspecified atom stereocenters. The van der Waals surface area contributed by atoms with Crippen molar-refractivity contribution in [1.82, 2.24) is 10.2 Å². The molecule has 0 aromatic heterocycles. The summed E-state index contributed by atoms with van der Waals surface area (Å²) in [4.78, 5) is 14.2. The van der Waals surface area contributed by atoms with E-state index in [1.165, 1.54) is 6.07 Å². The molecule has 0 radical (unpaired) electrons. The number of benzene rings is 1. The van der Waals surface area contributed by atoms with Crippen LogP contribution < -0.4 is 5.32 Å². The highest BCUT2D eigenvalue weighted by Crippen LogP contribution is 2.41. The molecule has 1 aromatic carbocycles. The number of morpholine rings is 1. The van der Waals surface area contributed by atoms with E-state index in [9.17, 15) is 14.3 Å². The summed E-state index contributed by atoms with van der Waals surface area (Å²) in [5, 5.41) is 12.5. The Morgan fingerprint density at radius 1 is 1.52 bits per heavy atom. The Kier molecular flexibility index (Phi) is 4.82. The summed E-state index contributed by atoms with van der Waals surface area (Å²) >= 11 is 0. The maximum Gasteiger partial charge on any atom is 0.318 e. The van der Waals surface area contributed by atoms with Gasteiger partial charge in [-0.2, -0.15) is 0 Å². The average molecular weight is 322 g/mol. The van der Waals surface area contributed by atoms with E-state index >= 15 is 0 Å². The van der Waals surface area contributed by atoms with Crippen LogP contribution in [0.15, 0.2) is 24.3 Å². The Morgan fingerprint density at radius 3 is 3.04 bits per heavy atom. The van der Waals surface area contributed by atoms with E-state index in [2.05, 4.69) is 5.32 Å². The lowest BCUT2D eigenvalue weighted by atomic mass is 10.1. The first-order valence-electron chi connectivity index (χ1n) is 8.13. The molecular formula is C17H23FN2O3. The number of nitrogens with zero attached hydrogens (tertiary/aromatic N) is 1. The van der Waals surface area contributed by atoms with Crippen molar-refractivity contribution < 1.29 is 19.0 Å². The predicted molar refractivity (Wildman–Crippen MR) is 83.7 cm³/mol. The maximum atomic E-state index is 13.8. The molecule has 5 nitrogen and oxygen atoms in total. The number of urea groups is 1. The van der Waals surface area contributed by atoms with Gasteiger partial charge in [-0.1, -0.05) is 18.2 Å². The quantitative estimate of drug-likeness (QED) is 0.889. The van der Waals surface area contributed by atoms with Gasteiger partial charge < -0.3 is 20.1 Å². The molecule has 3 rings (SSSR count). The molecule has 1 aromatic rings. The van der Waals surface area contributed by atoms with E-state index in [1.807, 2.05) is 6.07 Å². The van der Waals surface area contributed by atoms with Crippen LogP contribution in [0.3, 0.4) is 0 Å². The van der Waals surface area contributed by atoms with Crippen molar-refractivity contribution in [2.24, 2.45) is 0 Å². The van der Waals surface area contributed by atoms with Crippen molar-refractivity contribution in [2.75, 3.05) is 19.8 Å². The van der Waals surface area contributed by atoms with Gasteiger partial charge in [-0.15, -0.1) is 0 Å². The molecule has 1 saturated heterocycles. The summed E-state index contributed by atoms with van der Waals surface area (Å²) in [5.41, 5.74) is 0.667. The second-order valence-electron chi connectivity index (χ2n) is 6.43. The van der Waals surface area contributed by atoms with Gasteiger partial charge in [-0.25, -0.2) is 9.18 Å². The van der Waals surface area contributed by atoms with Gasteiger partial charge in [-0.3, -0.25) is 0 Å². The molecule has 0 bridgehead atoms. The monoisotopic (exact) mass is 322 g/mol. The van der Waals surface area contributed by atoms with Crippen molar-refractivity contribution in [2.45, 2.75) is 43.9 Å². The zero-order chi connectivity index (χ0) is 16.4. The third-order valence-corrected chi connectivity index (χ3v) is 4.51. The predicted octanol–water partition coefficient (Wildman–Crippen LogP) is 1.86. The van der Waals surface area contributed by atoms with Crippen LogP contribution in [-0.4, -0.2) is 54.0 Å². The molecule has 2 N–H and O–H groups in total. The third-order valence-electron chi connectivity index (χ3n) is 4.51. The van der Waals surface area contributed by atoms with Crippen LogP contribution in [0.1, 0.15) is 31.2 Å². The molecular weight excluding hydrogens is 299 g/mol. The minimum absolute atomic E-state index is 0.0190. The first-order chi connectivity index (χ1) is 11.1. The number of aliphatic hydroxyl groups is 1. The van der Waals surface area contributed by atoms with Crippen molar-refractivity contribution in [1.29, 1.82) is 0 Å². The SMILES string of the molecule is CC(O)CC1COCCN1C(=O)NC1CC1c1ccccc1F. The Morgan fingerprint density at radius 2 is 2.30 bits per heavy atom. The molecule has 6 heteroatoms. The lowest BCUT2D eigenvalue weighted by Crippen LogP contribution is -2.53. The highest BCUT2D eigenvalue weighted by atomic mass is 19.1. The van der Waals surface area contributed by atoms with Crippen LogP contribution in [0.25, 0.3) is 0 Å². The number of halogens is 1. The summed E-state index contributed by atoms with van der Waals surface area (Å²) in [6, 6.07) is 6.43. The summed E-state index contributed by atoms with van der Waals surface area (Å²) in [7, 11) is 0. The van der Waals surface area contributed by atoms with Crippen molar-refractivity contribution in [3.8, 4) is 0 Å². The van der Waals surface area contributed by atoms with Gasteiger partial charge in [0.25, 0.3) is 0 Å². The maximum absolute atomic E-state index is 13.8. The van der Waals surface area contributed by atoms with Crippen molar-refractivity contribution >= 4 is 6.03 Å². The van der Waals surface area contributed by atoms with E-state index in [-0.39, 0.29) is 29.8 Å². The fourth-order valence-corrected chi connectivity index (χ4v) is 3.23. The third kappa shape index (κ3) is 3.82. The Hall–Kier alpha value is -1.66. The lowest BCUT2D eigenvalue weighted by molar-refractivity contribution is -0.00439. The molecule has 4 atom stereocenters. The minimum atomic E-state index is -0.482. The first-order valence-corrected chi connectivity index (χ1v) is 8.13. The number of rotatable bonds is 4. The van der Waals surface area contributed by atoms with Crippen LogP contribution in [0.2, 0.25) is 0 Å². The number of nitrogens with one attached hydrogen (secondary N) is 1. The summed E-state index contributed by atoms with van der Waals surface area (Å²) in [5.74, 6) is -0.163. The van der Waals surface area contributed by atoms with E-state index in [0.29, 0.717) is 31.7 Å². The van der Waals surface area contributed by atoms with E-state index < -0.39 is 6.10 Å². The molecule has 0 spiro atoms. The highest BCUT2D eigenvalue weighted by molar-refractivity contribution is 5.75. The van der Waals surface area contributed by atoms with Gasteiger partial charge in [0.2, 0.25) is 0 Å². The van der Waals surface area contributed by atoms with Crippen molar-refractivity contribution in [3.05, 3.63) is 35.6 Å². The lowest BCUT2D eigenvalue weighted by Gasteiger charge is -2.36. The fourth-order valence-electron chi connectivity index (χ4n) is 3.23. The number of hydrogen-bond donors (Lipinski definition) is 2. The number of ether oxygens (including phenoxy) is 1. The normalized spacial score (nSPS) is 28.3. The zero-order valence-electron chi connectivity index (χ0n) is 13.2. The summed E-state index contributed by atoms with van der Waals surface area (Å²) in [6.07, 6.45) is 0.775. The van der Waals surface area contributed by atoms with E-state index in [4.69, 9.17) is 4.74 Å². The van der Waals surface area contributed by atoms with Crippen molar-refractivity contribution in [3.63, 3.8) is 0 Å². The Bertz CT molecular complexity index is 567. The fraction of sp³-hybridized carbons (Fsp3) is 0.588. The summed E-state index contributed by atoms with van der Waals surface area (Å²) < 4.78 is 19.2. The minimum Gasteiger partial charge on any atom is -0.393 e. The van der Waals surface area contributed by atoms with Crippen LogP contribution in [-0.2, 0) is 4.74 Å². The molecule has 1 aliphatic heterocycles. The number of amides is 2. The van der Waals surface area contributed by atoms with Gasteiger partial charge in [0.15, 0.2) is 0 Å². The van der Waals surface area contributed by atoms with Crippen LogP contribution >= 0.6 is 0 Å². The number of carbonyl (C=O) groups is 1. The topological polar surface area (TPSA) is 61.8 Å². The molecule has 2 fully saturated rings. The Labute approximate surface area is 135 Å². The zero-order valence-corrected chi connectivity index (χ0v) is 13.2. The van der Waals surface area contributed by atoms with Gasteiger partial charge in [0.1, 0.15) is 5.82 Å². The smallest absolute Gasteiger partial charge is 0.318 e. The number of aliphatic hydroxyl groups excluding tert-OH is 1. The molecule has 2 aliphatic rings. The molecule has 1 aliphatic carbocycles. The van der Waals surface area contributed by atoms with E-state index in [1.54, 1.807) is 24.0 Å². The molecule has 1 saturated carbocycles. The molecule has 126 valence electrons. The van der Waals surface area contributed by atoms with Gasteiger partial charge in [0, 0.05) is 18.5 Å². The second kappa shape index (κ2) is 6.84. The average Bonchev–Trinajstić information content (AvgIpc) is 3.26. The number of hydrogen-bond acceptors (Lipinski definition) is 3. The second-order valence-corrected chi connectivity index (χ2v) is 6.43. The standard InChI is InChI=1S/C17H23FN2O3/c1-11(21)8-12-10-23-7-6-20(12)17(22)19-16-9-14(16)13-4-2-3-5-15(13)18/h2-5,11-12,14,16,21H,6-10H2,1H3,(H,19,22). The molecule has 2 amide bonds. The molecule has 1 heterocycles. The van der Waals surface area contributed by atoms with Gasteiger partial charge >= 0.3 is 6.03 Å². The summed E-state index contributed by atoms with van der Waals surface area (Å²) in [6.45, 7) is 3.17. The molecule has 23 heavy (non-hydrogen) atoms. The van der Waals surface area contributed by atoms with E-state index in [0.717, 1.165) is 6.42 Å². The van der Waals surface area contributed by atoms with Crippen LogP contribution in [0, 0.1) is 5.82 Å². The first kappa shape index (κ1) is 16.2. The Balaban J connectivity index is 1.58.